The summed E-state index contributed by atoms with van der Waals surface area (Å²) in [4.78, 5) is 6.42. The van der Waals surface area contributed by atoms with Crippen molar-refractivity contribution in [3.8, 4) is 0 Å². The molecule has 0 spiro atoms. The van der Waals surface area contributed by atoms with Crippen LogP contribution in [0.15, 0.2) is 16.5 Å². The molecule has 1 aromatic heterocycles. The molecule has 1 heterocycles. The van der Waals surface area contributed by atoms with Crippen LogP contribution in [-0.4, -0.2) is 23.0 Å². The molecular formula is C20H29F3N2O. The van der Waals surface area contributed by atoms with Crippen LogP contribution in [0.5, 0.6) is 0 Å². The lowest BCUT2D eigenvalue weighted by atomic mass is 10.1. The van der Waals surface area contributed by atoms with Crippen molar-refractivity contribution < 1.29 is 17.6 Å². The van der Waals surface area contributed by atoms with E-state index in [1.165, 1.54) is 18.9 Å². The molecule has 0 amide bonds. The summed E-state index contributed by atoms with van der Waals surface area (Å²) >= 11 is 0. The van der Waals surface area contributed by atoms with E-state index in [0.717, 1.165) is 12.8 Å². The average molecular weight is 370 g/mol. The van der Waals surface area contributed by atoms with Gasteiger partial charge in [-0.15, -0.1) is 0 Å². The summed E-state index contributed by atoms with van der Waals surface area (Å²) in [5, 5.41) is 0. The van der Waals surface area contributed by atoms with Gasteiger partial charge in [-0.3, -0.25) is 4.90 Å². The van der Waals surface area contributed by atoms with Crippen LogP contribution < -0.4 is 0 Å². The topological polar surface area (TPSA) is 29.3 Å². The molecule has 1 saturated carbocycles. The number of rotatable bonds is 4. The van der Waals surface area contributed by atoms with Crippen LogP contribution in [0.25, 0.3) is 11.1 Å². The van der Waals surface area contributed by atoms with Crippen molar-refractivity contribution in [2.45, 2.75) is 78.1 Å². The van der Waals surface area contributed by atoms with Gasteiger partial charge in [-0.25, -0.2) is 4.98 Å². The standard InChI is InChI=1S/C18H23F3N2O.C2H6/c1-11(2)17-22-15-9-12(10-23(3)13-6-4-5-7-13)8-14(16(15)24-17)18(19,20)21;1-2/h8-9,11,13H,4-7,10H2,1-3H3;1-2H3. The fourth-order valence-corrected chi connectivity index (χ4v) is 3.42. The van der Waals surface area contributed by atoms with Gasteiger partial charge in [0.15, 0.2) is 11.5 Å². The van der Waals surface area contributed by atoms with E-state index in [2.05, 4.69) is 9.88 Å². The maximum absolute atomic E-state index is 13.4. The normalized spacial score (nSPS) is 15.8. The van der Waals surface area contributed by atoms with E-state index in [4.69, 9.17) is 4.42 Å². The van der Waals surface area contributed by atoms with Crippen LogP contribution in [0, 0.1) is 0 Å². The Morgan fingerprint density at radius 1 is 1.19 bits per heavy atom. The van der Waals surface area contributed by atoms with Crippen LogP contribution in [0.2, 0.25) is 0 Å². The van der Waals surface area contributed by atoms with Gasteiger partial charge in [0.25, 0.3) is 0 Å². The second-order valence-electron chi connectivity index (χ2n) is 7.05. The first kappa shape index (κ1) is 20.7. The summed E-state index contributed by atoms with van der Waals surface area (Å²) in [5.74, 6) is 0.292. The zero-order chi connectivity index (χ0) is 19.5. The third-order valence-corrected chi connectivity index (χ3v) is 4.75. The summed E-state index contributed by atoms with van der Waals surface area (Å²) < 4.78 is 45.7. The van der Waals surface area contributed by atoms with Crippen LogP contribution in [0.4, 0.5) is 13.2 Å². The lowest BCUT2D eigenvalue weighted by molar-refractivity contribution is -0.136. The molecule has 0 unspecified atom stereocenters. The highest BCUT2D eigenvalue weighted by Crippen LogP contribution is 2.37. The van der Waals surface area contributed by atoms with Gasteiger partial charge in [-0.05, 0) is 37.6 Å². The molecule has 0 saturated heterocycles. The predicted molar refractivity (Wildman–Crippen MR) is 98.2 cm³/mol. The minimum atomic E-state index is -4.45. The van der Waals surface area contributed by atoms with Crippen molar-refractivity contribution in [1.29, 1.82) is 0 Å². The molecule has 0 aliphatic heterocycles. The second kappa shape index (κ2) is 8.42. The minimum Gasteiger partial charge on any atom is -0.440 e. The Balaban J connectivity index is 0.00000117. The predicted octanol–water partition coefficient (Wildman–Crippen LogP) is 6.37. The summed E-state index contributed by atoms with van der Waals surface area (Å²) in [7, 11) is 1.98. The van der Waals surface area contributed by atoms with Gasteiger partial charge in [0.1, 0.15) is 11.1 Å². The van der Waals surface area contributed by atoms with Crippen LogP contribution in [0.1, 0.15) is 76.3 Å². The highest BCUT2D eigenvalue weighted by Gasteiger charge is 2.35. The molecule has 3 rings (SSSR count). The Bertz CT molecular complexity index is 716. The molecular weight excluding hydrogens is 341 g/mol. The number of aromatic nitrogens is 1. The number of hydrogen-bond acceptors (Lipinski definition) is 3. The fourth-order valence-electron chi connectivity index (χ4n) is 3.42. The summed E-state index contributed by atoms with van der Waals surface area (Å²) in [6.45, 7) is 8.20. The molecule has 0 radical (unpaired) electrons. The first-order chi connectivity index (χ1) is 12.3. The Kier molecular flexibility index (Phi) is 6.72. The maximum Gasteiger partial charge on any atom is 0.420 e. The minimum absolute atomic E-state index is 0.0527. The van der Waals surface area contributed by atoms with E-state index in [1.54, 1.807) is 6.07 Å². The molecule has 1 aliphatic carbocycles. The highest BCUT2D eigenvalue weighted by molar-refractivity contribution is 5.78. The fraction of sp³-hybridized carbons (Fsp3) is 0.650. The van der Waals surface area contributed by atoms with Crippen molar-refractivity contribution in [2.75, 3.05) is 7.05 Å². The van der Waals surface area contributed by atoms with E-state index in [0.29, 0.717) is 29.6 Å². The van der Waals surface area contributed by atoms with Gasteiger partial charge >= 0.3 is 6.18 Å². The van der Waals surface area contributed by atoms with Gasteiger partial charge in [0.05, 0.1) is 0 Å². The zero-order valence-electron chi connectivity index (χ0n) is 16.3. The smallest absolute Gasteiger partial charge is 0.420 e. The van der Waals surface area contributed by atoms with Gasteiger partial charge in [-0.1, -0.05) is 40.5 Å². The van der Waals surface area contributed by atoms with Gasteiger partial charge < -0.3 is 4.42 Å². The summed E-state index contributed by atoms with van der Waals surface area (Å²) in [6, 6.07) is 3.40. The number of nitrogens with zero attached hydrogens (tertiary/aromatic N) is 2. The van der Waals surface area contributed by atoms with Gasteiger partial charge in [-0.2, -0.15) is 13.2 Å². The van der Waals surface area contributed by atoms with E-state index in [1.807, 2.05) is 34.7 Å². The van der Waals surface area contributed by atoms with Crippen molar-refractivity contribution in [3.05, 3.63) is 29.2 Å². The number of halogens is 3. The van der Waals surface area contributed by atoms with E-state index < -0.39 is 11.7 Å². The first-order valence-corrected chi connectivity index (χ1v) is 9.46. The second-order valence-corrected chi connectivity index (χ2v) is 7.05. The lowest BCUT2D eigenvalue weighted by Gasteiger charge is -2.24. The van der Waals surface area contributed by atoms with Crippen molar-refractivity contribution in [2.24, 2.45) is 0 Å². The lowest BCUT2D eigenvalue weighted by Crippen LogP contribution is -2.28. The monoisotopic (exact) mass is 370 g/mol. The van der Waals surface area contributed by atoms with E-state index in [-0.39, 0.29) is 11.5 Å². The number of benzene rings is 1. The van der Waals surface area contributed by atoms with E-state index in [9.17, 15) is 13.2 Å². The largest absolute Gasteiger partial charge is 0.440 e. The third kappa shape index (κ3) is 4.58. The number of fused-ring (bicyclic) bond motifs is 1. The van der Waals surface area contributed by atoms with Crippen molar-refractivity contribution in [1.82, 2.24) is 9.88 Å². The first-order valence-electron chi connectivity index (χ1n) is 9.46. The molecule has 1 fully saturated rings. The Hall–Kier alpha value is -1.56. The molecule has 1 aromatic carbocycles. The molecule has 3 nitrogen and oxygen atoms in total. The maximum atomic E-state index is 13.4. The molecule has 26 heavy (non-hydrogen) atoms. The quantitative estimate of drug-likeness (QED) is 0.626. The Labute approximate surface area is 153 Å². The SMILES string of the molecule is CC.CC(C)c1nc2cc(CN(C)C3CCCC3)cc(C(F)(F)F)c2o1. The summed E-state index contributed by atoms with van der Waals surface area (Å²) in [6.07, 6.45) is 0.179. The molecule has 0 atom stereocenters. The third-order valence-electron chi connectivity index (χ3n) is 4.75. The van der Waals surface area contributed by atoms with Gasteiger partial charge in [0.2, 0.25) is 0 Å². The van der Waals surface area contributed by atoms with Crippen molar-refractivity contribution in [3.63, 3.8) is 0 Å². The molecule has 6 heteroatoms. The summed E-state index contributed by atoms with van der Waals surface area (Å²) in [5.41, 5.74) is 0.0452. The number of hydrogen-bond donors (Lipinski definition) is 0. The molecule has 146 valence electrons. The van der Waals surface area contributed by atoms with E-state index >= 15 is 0 Å². The molecule has 2 aromatic rings. The Morgan fingerprint density at radius 3 is 2.35 bits per heavy atom. The number of oxazole rings is 1. The van der Waals surface area contributed by atoms with Crippen LogP contribution >= 0.6 is 0 Å². The molecule has 1 aliphatic rings. The van der Waals surface area contributed by atoms with Crippen LogP contribution in [0.3, 0.4) is 0 Å². The molecule has 0 N–H and O–H groups in total. The van der Waals surface area contributed by atoms with Crippen LogP contribution in [-0.2, 0) is 12.7 Å². The zero-order valence-corrected chi connectivity index (χ0v) is 16.3. The number of alkyl halides is 3. The van der Waals surface area contributed by atoms with Crippen molar-refractivity contribution >= 4 is 11.1 Å². The highest BCUT2D eigenvalue weighted by atomic mass is 19.4. The molecule has 0 bridgehead atoms. The van der Waals surface area contributed by atoms with Gasteiger partial charge in [0, 0.05) is 18.5 Å². The average Bonchev–Trinajstić information content (AvgIpc) is 3.24. The Morgan fingerprint density at radius 2 is 1.81 bits per heavy atom.